The van der Waals surface area contributed by atoms with Gasteiger partial charge in [-0.15, -0.1) is 0 Å². The second kappa shape index (κ2) is 8.81. The molecule has 1 heterocycles. The summed E-state index contributed by atoms with van der Waals surface area (Å²) in [5, 5.41) is 9.10. The van der Waals surface area contributed by atoms with Gasteiger partial charge in [0.05, 0.1) is 52.4 Å². The summed E-state index contributed by atoms with van der Waals surface area (Å²) in [6.07, 6.45) is -0.247. The van der Waals surface area contributed by atoms with Gasteiger partial charge in [-0.1, -0.05) is 6.07 Å². The van der Waals surface area contributed by atoms with Crippen LogP contribution in [0.25, 0.3) is 0 Å². The van der Waals surface area contributed by atoms with Gasteiger partial charge in [-0.05, 0) is 17.7 Å². The van der Waals surface area contributed by atoms with E-state index in [-0.39, 0.29) is 29.2 Å². The minimum atomic E-state index is -0.989. The molecule has 0 radical (unpaired) electrons. The van der Waals surface area contributed by atoms with Gasteiger partial charge in [0.15, 0.2) is 11.5 Å². The number of hydrogen-bond acceptors (Lipinski definition) is 9. The molecule has 9 nitrogen and oxygen atoms in total. The Morgan fingerprint density at radius 1 is 1.07 bits per heavy atom. The number of ether oxygens (including phenoxy) is 5. The third-order valence-electron chi connectivity index (χ3n) is 4.17. The van der Waals surface area contributed by atoms with E-state index in [0.717, 1.165) is 0 Å². The van der Waals surface area contributed by atoms with Gasteiger partial charge in [0.25, 0.3) is 0 Å². The maximum Gasteiger partial charge on any atom is 0.340 e. The van der Waals surface area contributed by atoms with Crippen LogP contribution in [-0.2, 0) is 23.8 Å². The van der Waals surface area contributed by atoms with Crippen molar-refractivity contribution >= 4 is 11.9 Å². The number of nitrogens with zero attached hydrogens (tertiary/aromatic N) is 1. The van der Waals surface area contributed by atoms with Gasteiger partial charge < -0.3 is 29.4 Å². The SMILES string of the molecule is COC(=O)C1=C(N)OC(CC#N)=C(C(=O)OC)C1c1ccc(OC)c(OC)c1. The predicted molar refractivity (Wildman–Crippen MR) is 95.9 cm³/mol. The molecule has 9 heteroatoms. The Morgan fingerprint density at radius 3 is 2.21 bits per heavy atom. The van der Waals surface area contributed by atoms with Crippen LogP contribution in [-0.4, -0.2) is 40.4 Å². The predicted octanol–water partition coefficient (Wildman–Crippen LogP) is 1.50. The summed E-state index contributed by atoms with van der Waals surface area (Å²) in [7, 11) is 5.30. The van der Waals surface area contributed by atoms with E-state index in [9.17, 15) is 9.59 Å². The molecule has 0 spiro atoms. The lowest BCUT2D eigenvalue weighted by Gasteiger charge is -2.29. The molecule has 0 saturated carbocycles. The minimum absolute atomic E-state index is 0.000659. The van der Waals surface area contributed by atoms with E-state index in [0.29, 0.717) is 17.1 Å². The van der Waals surface area contributed by atoms with Crippen molar-refractivity contribution in [2.45, 2.75) is 12.3 Å². The molecule has 0 aromatic heterocycles. The first kappa shape index (κ1) is 20.6. The largest absolute Gasteiger partial charge is 0.493 e. The average Bonchev–Trinajstić information content (AvgIpc) is 2.71. The Bertz CT molecular complexity index is 896. The third kappa shape index (κ3) is 3.71. The molecule has 0 saturated heterocycles. The molecule has 2 rings (SSSR count). The van der Waals surface area contributed by atoms with Crippen LogP contribution in [0.5, 0.6) is 11.5 Å². The molecule has 28 heavy (non-hydrogen) atoms. The Kier molecular flexibility index (Phi) is 6.50. The molecule has 0 fully saturated rings. The second-order valence-corrected chi connectivity index (χ2v) is 5.58. The van der Waals surface area contributed by atoms with Crippen molar-refractivity contribution in [3.8, 4) is 17.6 Å². The van der Waals surface area contributed by atoms with Crippen LogP contribution >= 0.6 is 0 Å². The van der Waals surface area contributed by atoms with E-state index >= 15 is 0 Å². The van der Waals surface area contributed by atoms with Crippen LogP contribution in [0.3, 0.4) is 0 Å². The lowest BCUT2D eigenvalue weighted by molar-refractivity contribution is -0.137. The zero-order chi connectivity index (χ0) is 20.8. The summed E-state index contributed by atoms with van der Waals surface area (Å²) >= 11 is 0. The van der Waals surface area contributed by atoms with Crippen molar-refractivity contribution in [2.75, 3.05) is 28.4 Å². The van der Waals surface area contributed by atoms with E-state index in [2.05, 4.69) is 0 Å². The van der Waals surface area contributed by atoms with Crippen molar-refractivity contribution in [1.29, 1.82) is 5.26 Å². The van der Waals surface area contributed by atoms with Crippen molar-refractivity contribution in [3.63, 3.8) is 0 Å². The van der Waals surface area contributed by atoms with E-state index in [4.69, 9.17) is 34.7 Å². The van der Waals surface area contributed by atoms with Gasteiger partial charge in [0.1, 0.15) is 11.3 Å². The molecule has 1 aliphatic rings. The van der Waals surface area contributed by atoms with Crippen molar-refractivity contribution in [2.24, 2.45) is 5.73 Å². The first-order valence-corrected chi connectivity index (χ1v) is 8.09. The quantitative estimate of drug-likeness (QED) is 0.720. The molecule has 1 atom stereocenters. The average molecular weight is 388 g/mol. The highest BCUT2D eigenvalue weighted by atomic mass is 16.5. The number of hydrogen-bond donors (Lipinski definition) is 1. The highest BCUT2D eigenvalue weighted by molar-refractivity contribution is 5.99. The maximum absolute atomic E-state index is 12.5. The smallest absolute Gasteiger partial charge is 0.340 e. The molecule has 2 N–H and O–H groups in total. The third-order valence-corrected chi connectivity index (χ3v) is 4.17. The Balaban J connectivity index is 2.79. The molecule has 0 aliphatic carbocycles. The van der Waals surface area contributed by atoms with Crippen LogP contribution < -0.4 is 15.2 Å². The summed E-state index contributed by atoms with van der Waals surface area (Å²) < 4.78 is 25.6. The first-order valence-electron chi connectivity index (χ1n) is 8.09. The summed E-state index contributed by atoms with van der Waals surface area (Å²) in [6, 6.07) is 6.76. The van der Waals surface area contributed by atoms with Crippen molar-refractivity contribution in [1.82, 2.24) is 0 Å². The highest BCUT2D eigenvalue weighted by Gasteiger charge is 2.41. The molecular weight excluding hydrogens is 368 g/mol. The summed E-state index contributed by atoms with van der Waals surface area (Å²) in [6.45, 7) is 0. The zero-order valence-corrected chi connectivity index (χ0v) is 15.9. The zero-order valence-electron chi connectivity index (χ0n) is 15.9. The number of esters is 2. The summed E-state index contributed by atoms with van der Waals surface area (Å²) in [4.78, 5) is 25.0. The normalized spacial score (nSPS) is 16.0. The molecule has 148 valence electrons. The molecular formula is C19H20N2O7. The number of allylic oxidation sites excluding steroid dienone is 1. The van der Waals surface area contributed by atoms with E-state index in [1.165, 1.54) is 28.4 Å². The van der Waals surface area contributed by atoms with Crippen LogP contribution in [0.2, 0.25) is 0 Å². The standard InChI is InChI=1S/C19H20N2O7/c1-24-11-6-5-10(9-13(11)25-2)14-15(18(22)26-3)12(7-8-20)28-17(21)16(14)19(23)27-4/h5-6,9,14H,7,21H2,1-4H3. The van der Waals surface area contributed by atoms with Gasteiger partial charge in [-0.2, -0.15) is 5.26 Å². The number of methoxy groups -OCH3 is 4. The molecule has 0 amide bonds. The van der Waals surface area contributed by atoms with Gasteiger partial charge in [0, 0.05) is 0 Å². The van der Waals surface area contributed by atoms with E-state index in [1.807, 2.05) is 6.07 Å². The number of carbonyl (C=O) groups is 2. The van der Waals surface area contributed by atoms with Crippen molar-refractivity contribution in [3.05, 3.63) is 46.6 Å². The second-order valence-electron chi connectivity index (χ2n) is 5.58. The fraction of sp³-hybridized carbons (Fsp3) is 0.316. The number of nitriles is 1. The summed E-state index contributed by atoms with van der Waals surface area (Å²) in [5.41, 5.74) is 6.30. The van der Waals surface area contributed by atoms with Gasteiger partial charge >= 0.3 is 11.9 Å². The topological polar surface area (TPSA) is 130 Å². The van der Waals surface area contributed by atoms with Crippen molar-refractivity contribution < 1.29 is 33.3 Å². The molecule has 1 aromatic rings. The number of carbonyl (C=O) groups excluding carboxylic acids is 2. The molecule has 0 bridgehead atoms. The Hall–Kier alpha value is -3.67. The van der Waals surface area contributed by atoms with Crippen LogP contribution in [0.4, 0.5) is 0 Å². The maximum atomic E-state index is 12.5. The van der Waals surface area contributed by atoms with Crippen LogP contribution in [0, 0.1) is 11.3 Å². The fourth-order valence-corrected chi connectivity index (χ4v) is 2.93. The summed E-state index contributed by atoms with van der Waals surface area (Å²) in [5.74, 6) is -1.97. The number of nitrogens with two attached hydrogens (primary N) is 1. The monoisotopic (exact) mass is 388 g/mol. The number of rotatable bonds is 6. The molecule has 1 unspecified atom stereocenters. The van der Waals surface area contributed by atoms with Crippen LogP contribution in [0.15, 0.2) is 41.0 Å². The first-order chi connectivity index (χ1) is 13.4. The highest BCUT2D eigenvalue weighted by Crippen LogP contribution is 2.43. The van der Waals surface area contributed by atoms with Gasteiger partial charge in [-0.3, -0.25) is 0 Å². The Labute approximate surface area is 161 Å². The minimum Gasteiger partial charge on any atom is -0.493 e. The van der Waals surface area contributed by atoms with Gasteiger partial charge in [0.2, 0.25) is 5.88 Å². The Morgan fingerprint density at radius 2 is 1.68 bits per heavy atom. The van der Waals surface area contributed by atoms with E-state index in [1.54, 1.807) is 18.2 Å². The van der Waals surface area contributed by atoms with Gasteiger partial charge in [-0.25, -0.2) is 9.59 Å². The van der Waals surface area contributed by atoms with E-state index < -0.39 is 17.9 Å². The fourth-order valence-electron chi connectivity index (χ4n) is 2.93. The molecule has 1 aliphatic heterocycles. The lowest BCUT2D eigenvalue weighted by atomic mass is 9.82. The molecule has 1 aromatic carbocycles. The number of benzene rings is 1. The van der Waals surface area contributed by atoms with Crippen LogP contribution in [0.1, 0.15) is 17.9 Å². The lowest BCUT2D eigenvalue weighted by Crippen LogP contribution is -2.30.